The van der Waals surface area contributed by atoms with Crippen LogP contribution in [0, 0.1) is 0 Å². The number of methoxy groups -OCH3 is 1. The second-order valence-corrected chi connectivity index (χ2v) is 4.67. The van der Waals surface area contributed by atoms with E-state index < -0.39 is 5.97 Å². The second kappa shape index (κ2) is 6.38. The summed E-state index contributed by atoms with van der Waals surface area (Å²) in [4.78, 5) is 25.6. The van der Waals surface area contributed by atoms with Crippen molar-refractivity contribution < 1.29 is 14.6 Å². The number of aromatic nitrogens is 2. The molecule has 2 N–H and O–H groups in total. The number of aromatic carboxylic acids is 1. The molecule has 2 aromatic rings. The third-order valence-electron chi connectivity index (χ3n) is 3.25. The highest BCUT2D eigenvalue weighted by Gasteiger charge is 2.10. The van der Waals surface area contributed by atoms with Crippen LogP contribution in [0.2, 0.25) is 0 Å². The van der Waals surface area contributed by atoms with E-state index in [1.165, 1.54) is 12.1 Å². The van der Waals surface area contributed by atoms with Gasteiger partial charge in [0.05, 0.1) is 16.6 Å². The zero-order valence-corrected chi connectivity index (χ0v) is 11.4. The first kappa shape index (κ1) is 14.3. The molecule has 108 valence electrons. The lowest BCUT2D eigenvalue weighted by atomic mass is 10.2. The van der Waals surface area contributed by atoms with Gasteiger partial charge in [0.15, 0.2) is 0 Å². The van der Waals surface area contributed by atoms with Crippen LogP contribution in [0.5, 0.6) is 0 Å². The van der Waals surface area contributed by atoms with Gasteiger partial charge in [-0.05, 0) is 37.5 Å². The van der Waals surface area contributed by atoms with E-state index in [4.69, 9.17) is 9.84 Å². The van der Waals surface area contributed by atoms with E-state index in [1.807, 2.05) is 0 Å². The minimum absolute atomic E-state index is 0.185. The third kappa shape index (κ3) is 3.08. The highest BCUT2D eigenvalue weighted by molar-refractivity contribution is 5.92. The summed E-state index contributed by atoms with van der Waals surface area (Å²) < 4.78 is 6.57. The molecule has 20 heavy (non-hydrogen) atoms. The van der Waals surface area contributed by atoms with Crippen molar-refractivity contribution in [3.63, 3.8) is 0 Å². The fraction of sp³-hybridized carbons (Fsp3) is 0.429. The highest BCUT2D eigenvalue weighted by atomic mass is 16.5. The van der Waals surface area contributed by atoms with Crippen molar-refractivity contribution in [3.05, 3.63) is 34.2 Å². The van der Waals surface area contributed by atoms with Crippen LogP contribution in [-0.2, 0) is 11.3 Å². The molecule has 0 spiro atoms. The molecule has 0 unspecified atom stereocenters. The topological polar surface area (TPSA) is 84.3 Å². The van der Waals surface area contributed by atoms with Crippen molar-refractivity contribution in [3.8, 4) is 0 Å². The molecule has 0 bridgehead atoms. The van der Waals surface area contributed by atoms with E-state index in [1.54, 1.807) is 17.7 Å². The van der Waals surface area contributed by atoms with Crippen LogP contribution in [0.25, 0.3) is 11.0 Å². The largest absolute Gasteiger partial charge is 0.478 e. The number of unbranched alkanes of at least 4 members (excludes halogenated alkanes) is 2. The van der Waals surface area contributed by atoms with E-state index in [0.717, 1.165) is 19.3 Å². The SMILES string of the molecule is COCCCCCn1c(=O)[nH]c2ccc(C(=O)O)cc21. The number of carboxylic acid groups (broad SMARTS) is 1. The third-order valence-corrected chi connectivity index (χ3v) is 3.25. The summed E-state index contributed by atoms with van der Waals surface area (Å²) >= 11 is 0. The van der Waals surface area contributed by atoms with Gasteiger partial charge >= 0.3 is 11.7 Å². The van der Waals surface area contributed by atoms with Crippen molar-refractivity contribution in [1.82, 2.24) is 9.55 Å². The Morgan fingerprint density at radius 2 is 2.15 bits per heavy atom. The molecule has 2 rings (SSSR count). The van der Waals surface area contributed by atoms with Gasteiger partial charge in [-0.25, -0.2) is 9.59 Å². The molecule has 1 aromatic heterocycles. The van der Waals surface area contributed by atoms with Gasteiger partial charge < -0.3 is 14.8 Å². The lowest BCUT2D eigenvalue weighted by Crippen LogP contribution is -2.16. The highest BCUT2D eigenvalue weighted by Crippen LogP contribution is 2.14. The molecular formula is C14H18N2O4. The van der Waals surface area contributed by atoms with E-state index >= 15 is 0 Å². The van der Waals surface area contributed by atoms with Crippen LogP contribution >= 0.6 is 0 Å². The molecule has 1 heterocycles. The van der Waals surface area contributed by atoms with Crippen LogP contribution in [0.4, 0.5) is 0 Å². The number of imidazole rings is 1. The number of hydrogen-bond donors (Lipinski definition) is 2. The normalized spacial score (nSPS) is 11.1. The average Bonchev–Trinajstić information content (AvgIpc) is 2.73. The number of carboxylic acids is 1. The van der Waals surface area contributed by atoms with Crippen LogP contribution in [0.1, 0.15) is 29.6 Å². The maximum atomic E-state index is 11.9. The van der Waals surface area contributed by atoms with Gasteiger partial charge in [-0.1, -0.05) is 0 Å². The number of ether oxygens (including phenoxy) is 1. The Morgan fingerprint density at radius 3 is 2.85 bits per heavy atom. The molecule has 0 saturated carbocycles. The molecular weight excluding hydrogens is 260 g/mol. The van der Waals surface area contributed by atoms with Crippen LogP contribution in [0.15, 0.2) is 23.0 Å². The van der Waals surface area contributed by atoms with Gasteiger partial charge in [-0.2, -0.15) is 0 Å². The number of rotatable bonds is 7. The van der Waals surface area contributed by atoms with Crippen molar-refractivity contribution in [2.45, 2.75) is 25.8 Å². The number of carbonyl (C=O) groups is 1. The monoisotopic (exact) mass is 278 g/mol. The van der Waals surface area contributed by atoms with E-state index in [2.05, 4.69) is 4.98 Å². The Balaban J connectivity index is 2.18. The van der Waals surface area contributed by atoms with Crippen molar-refractivity contribution >= 4 is 17.0 Å². The first-order valence-electron chi connectivity index (χ1n) is 6.58. The number of benzene rings is 1. The van der Waals surface area contributed by atoms with Gasteiger partial charge in [-0.15, -0.1) is 0 Å². The first-order valence-corrected chi connectivity index (χ1v) is 6.58. The summed E-state index contributed by atoms with van der Waals surface area (Å²) in [6.45, 7) is 1.29. The maximum Gasteiger partial charge on any atom is 0.335 e. The minimum atomic E-state index is -0.993. The van der Waals surface area contributed by atoms with Crippen LogP contribution in [0.3, 0.4) is 0 Å². The number of fused-ring (bicyclic) bond motifs is 1. The number of H-pyrrole nitrogens is 1. The van der Waals surface area contributed by atoms with Gasteiger partial charge in [0, 0.05) is 20.3 Å². The molecule has 0 fully saturated rings. The molecule has 0 atom stereocenters. The van der Waals surface area contributed by atoms with Crippen LogP contribution < -0.4 is 5.69 Å². The predicted octanol–water partition coefficient (Wildman–Crippen LogP) is 1.84. The van der Waals surface area contributed by atoms with Crippen molar-refractivity contribution in [2.75, 3.05) is 13.7 Å². The molecule has 1 aromatic carbocycles. The summed E-state index contributed by atoms with van der Waals surface area (Å²) in [6.07, 6.45) is 2.77. The van der Waals surface area contributed by atoms with Gasteiger partial charge in [0.1, 0.15) is 0 Å². The molecule has 0 aliphatic heterocycles. The second-order valence-electron chi connectivity index (χ2n) is 4.67. The predicted molar refractivity (Wildman–Crippen MR) is 75.2 cm³/mol. The van der Waals surface area contributed by atoms with E-state index in [9.17, 15) is 9.59 Å². The fourth-order valence-electron chi connectivity index (χ4n) is 2.20. The molecule has 0 amide bonds. The number of aromatic amines is 1. The van der Waals surface area contributed by atoms with E-state index in [0.29, 0.717) is 24.2 Å². The van der Waals surface area contributed by atoms with Gasteiger partial charge in [0.2, 0.25) is 0 Å². The van der Waals surface area contributed by atoms with Gasteiger partial charge in [0.25, 0.3) is 0 Å². The summed E-state index contributed by atoms with van der Waals surface area (Å²) in [5, 5.41) is 9.00. The van der Waals surface area contributed by atoms with Crippen LogP contribution in [-0.4, -0.2) is 34.3 Å². The lowest BCUT2D eigenvalue weighted by molar-refractivity contribution is 0.0697. The Morgan fingerprint density at radius 1 is 1.35 bits per heavy atom. The summed E-state index contributed by atoms with van der Waals surface area (Å²) in [5.74, 6) is -0.993. The number of aryl methyl sites for hydroxylation is 1. The maximum absolute atomic E-state index is 11.9. The summed E-state index contributed by atoms with van der Waals surface area (Å²) in [7, 11) is 1.66. The molecule has 6 heteroatoms. The standard InChI is InChI=1S/C14H18N2O4/c1-20-8-4-2-3-7-16-12-9-10(13(17)18)5-6-11(12)15-14(16)19/h5-6,9H,2-4,7-8H2,1H3,(H,15,19)(H,17,18). The molecule has 6 nitrogen and oxygen atoms in total. The van der Waals surface area contributed by atoms with Gasteiger partial charge in [-0.3, -0.25) is 4.57 Å². The number of nitrogens with zero attached hydrogens (tertiary/aromatic N) is 1. The smallest absolute Gasteiger partial charge is 0.335 e. The Kier molecular flexibility index (Phi) is 4.57. The van der Waals surface area contributed by atoms with E-state index in [-0.39, 0.29) is 11.3 Å². The Hall–Kier alpha value is -2.08. The lowest BCUT2D eigenvalue weighted by Gasteiger charge is -2.04. The number of hydrogen-bond acceptors (Lipinski definition) is 3. The molecule has 0 saturated heterocycles. The summed E-state index contributed by atoms with van der Waals surface area (Å²) in [5.41, 5.74) is 1.29. The van der Waals surface area contributed by atoms with Crippen molar-refractivity contribution in [1.29, 1.82) is 0 Å². The fourth-order valence-corrected chi connectivity index (χ4v) is 2.20. The average molecular weight is 278 g/mol. The quantitative estimate of drug-likeness (QED) is 0.757. The molecule has 0 aliphatic rings. The number of nitrogens with one attached hydrogen (secondary N) is 1. The summed E-state index contributed by atoms with van der Waals surface area (Å²) in [6, 6.07) is 4.65. The molecule has 0 radical (unpaired) electrons. The Labute approximate surface area is 116 Å². The molecule has 0 aliphatic carbocycles. The first-order chi connectivity index (χ1) is 9.63. The zero-order chi connectivity index (χ0) is 14.5. The Bertz CT molecular complexity index is 657. The van der Waals surface area contributed by atoms with Crippen molar-refractivity contribution in [2.24, 2.45) is 0 Å². The minimum Gasteiger partial charge on any atom is -0.478 e. The zero-order valence-electron chi connectivity index (χ0n) is 11.4.